The summed E-state index contributed by atoms with van der Waals surface area (Å²) < 4.78 is 27.6. The third-order valence-electron chi connectivity index (χ3n) is 3.67. The summed E-state index contributed by atoms with van der Waals surface area (Å²) in [7, 11) is -3.75. The van der Waals surface area contributed by atoms with E-state index in [1.807, 2.05) is 26.8 Å². The maximum absolute atomic E-state index is 12.5. The van der Waals surface area contributed by atoms with Crippen LogP contribution >= 0.6 is 0 Å². The van der Waals surface area contributed by atoms with E-state index in [1.165, 1.54) is 12.1 Å². The molecule has 0 saturated carbocycles. The third-order valence-corrected chi connectivity index (χ3v) is 5.05. The fourth-order valence-electron chi connectivity index (χ4n) is 2.14. The van der Waals surface area contributed by atoms with Crippen molar-refractivity contribution in [2.45, 2.75) is 38.1 Å². The van der Waals surface area contributed by atoms with Gasteiger partial charge in [0.05, 0.1) is 4.90 Å². The Morgan fingerprint density at radius 3 is 2.50 bits per heavy atom. The average molecular weight is 346 g/mol. The fraction of sp³-hybridized carbons (Fsp3) is 0.278. The van der Waals surface area contributed by atoms with Crippen LogP contribution in [0.4, 0.5) is 5.69 Å². The summed E-state index contributed by atoms with van der Waals surface area (Å²) in [6.07, 6.45) is 0.804. The van der Waals surface area contributed by atoms with E-state index in [0.717, 1.165) is 12.0 Å². The van der Waals surface area contributed by atoms with Crippen LogP contribution in [0.1, 0.15) is 36.2 Å². The van der Waals surface area contributed by atoms with Gasteiger partial charge in [-0.2, -0.15) is 0 Å². The summed E-state index contributed by atoms with van der Waals surface area (Å²) in [6, 6.07) is 13.2. The average Bonchev–Trinajstić information content (AvgIpc) is 2.54. The largest absolute Gasteiger partial charge is 0.350 e. The highest BCUT2D eigenvalue weighted by atomic mass is 32.2. The van der Waals surface area contributed by atoms with Crippen LogP contribution in [0.15, 0.2) is 53.4 Å². The van der Waals surface area contributed by atoms with Crippen molar-refractivity contribution in [2.24, 2.45) is 0 Å². The summed E-state index contributed by atoms with van der Waals surface area (Å²) in [5.41, 5.74) is 1.77. The number of benzene rings is 2. The highest BCUT2D eigenvalue weighted by Crippen LogP contribution is 2.18. The second kappa shape index (κ2) is 7.49. The summed E-state index contributed by atoms with van der Waals surface area (Å²) >= 11 is 0. The number of sulfonamides is 1. The van der Waals surface area contributed by atoms with Crippen molar-refractivity contribution >= 4 is 21.6 Å². The lowest BCUT2D eigenvalue weighted by molar-refractivity contribution is 0.0939. The van der Waals surface area contributed by atoms with Crippen molar-refractivity contribution in [1.82, 2.24) is 5.32 Å². The molecule has 0 fully saturated rings. The molecular weight excluding hydrogens is 324 g/mol. The van der Waals surface area contributed by atoms with E-state index < -0.39 is 10.0 Å². The van der Waals surface area contributed by atoms with E-state index in [2.05, 4.69) is 10.0 Å². The predicted molar refractivity (Wildman–Crippen MR) is 95.6 cm³/mol. The Labute approximate surface area is 143 Å². The number of hydrogen-bond donors (Lipinski definition) is 2. The lowest BCUT2D eigenvalue weighted by Gasteiger charge is -2.13. The number of amides is 1. The van der Waals surface area contributed by atoms with E-state index in [9.17, 15) is 13.2 Å². The van der Waals surface area contributed by atoms with Gasteiger partial charge in [-0.05, 0) is 56.2 Å². The molecule has 0 aliphatic carbocycles. The van der Waals surface area contributed by atoms with Crippen molar-refractivity contribution in [3.8, 4) is 0 Å². The predicted octanol–water partition coefficient (Wildman–Crippen LogP) is 3.32. The molecule has 0 aromatic heterocycles. The highest BCUT2D eigenvalue weighted by molar-refractivity contribution is 7.92. The number of anilines is 1. The monoisotopic (exact) mass is 346 g/mol. The zero-order chi connectivity index (χ0) is 17.7. The highest BCUT2D eigenvalue weighted by Gasteiger charge is 2.17. The van der Waals surface area contributed by atoms with Crippen LogP contribution < -0.4 is 10.0 Å². The molecule has 6 heteroatoms. The van der Waals surface area contributed by atoms with Crippen LogP contribution in [0.3, 0.4) is 0 Å². The van der Waals surface area contributed by atoms with Gasteiger partial charge in [-0.3, -0.25) is 9.52 Å². The van der Waals surface area contributed by atoms with Gasteiger partial charge in [0.15, 0.2) is 0 Å². The summed E-state index contributed by atoms with van der Waals surface area (Å²) in [5.74, 6) is -0.281. The van der Waals surface area contributed by atoms with E-state index >= 15 is 0 Å². The van der Waals surface area contributed by atoms with Crippen LogP contribution in [-0.4, -0.2) is 20.4 Å². The van der Waals surface area contributed by atoms with E-state index in [1.54, 1.807) is 30.3 Å². The van der Waals surface area contributed by atoms with Crippen LogP contribution in [-0.2, 0) is 10.0 Å². The van der Waals surface area contributed by atoms with E-state index in [4.69, 9.17) is 0 Å². The molecule has 128 valence electrons. The standard InChI is InChI=1S/C18H22N2O3S/c1-4-14(3)19-18(21)15-8-6-10-17(12-15)24(22,23)20-16-9-5-7-13(2)11-16/h5-12,14,20H,4H2,1-3H3,(H,19,21)/t14-/m0/s1. The van der Waals surface area contributed by atoms with Crippen molar-refractivity contribution in [1.29, 1.82) is 0 Å². The van der Waals surface area contributed by atoms with Gasteiger partial charge in [-0.1, -0.05) is 25.1 Å². The number of carbonyl (C=O) groups is 1. The maximum Gasteiger partial charge on any atom is 0.261 e. The molecule has 1 atom stereocenters. The first kappa shape index (κ1) is 18.0. The molecule has 0 aliphatic rings. The number of hydrogen-bond acceptors (Lipinski definition) is 3. The lowest BCUT2D eigenvalue weighted by Crippen LogP contribution is -2.32. The normalized spacial score (nSPS) is 12.5. The van der Waals surface area contributed by atoms with Crippen LogP contribution in [0, 0.1) is 6.92 Å². The quantitative estimate of drug-likeness (QED) is 0.842. The van der Waals surface area contributed by atoms with Crippen LogP contribution in [0.25, 0.3) is 0 Å². The molecule has 5 nitrogen and oxygen atoms in total. The molecule has 0 unspecified atom stereocenters. The zero-order valence-corrected chi connectivity index (χ0v) is 14.9. The zero-order valence-electron chi connectivity index (χ0n) is 14.0. The molecule has 24 heavy (non-hydrogen) atoms. The first-order chi connectivity index (χ1) is 11.3. The minimum atomic E-state index is -3.75. The third kappa shape index (κ3) is 4.58. The summed E-state index contributed by atoms with van der Waals surface area (Å²) in [6.45, 7) is 5.76. The lowest BCUT2D eigenvalue weighted by atomic mass is 10.2. The molecule has 0 heterocycles. The Kier molecular flexibility index (Phi) is 5.62. The Hall–Kier alpha value is -2.34. The topological polar surface area (TPSA) is 75.3 Å². The van der Waals surface area contributed by atoms with Gasteiger partial charge in [-0.25, -0.2) is 8.42 Å². The van der Waals surface area contributed by atoms with Gasteiger partial charge in [0, 0.05) is 17.3 Å². The number of aryl methyl sites for hydroxylation is 1. The second-order valence-corrected chi connectivity index (χ2v) is 7.47. The van der Waals surface area contributed by atoms with E-state index in [-0.39, 0.29) is 16.8 Å². The molecule has 2 rings (SSSR count). The molecular formula is C18H22N2O3S. The summed E-state index contributed by atoms with van der Waals surface area (Å²) in [5, 5.41) is 2.83. The Balaban J connectivity index is 2.25. The van der Waals surface area contributed by atoms with Gasteiger partial charge in [-0.15, -0.1) is 0 Å². The number of carbonyl (C=O) groups excluding carboxylic acids is 1. The molecule has 0 radical (unpaired) electrons. The molecule has 2 N–H and O–H groups in total. The fourth-order valence-corrected chi connectivity index (χ4v) is 3.23. The van der Waals surface area contributed by atoms with Crippen molar-refractivity contribution < 1.29 is 13.2 Å². The van der Waals surface area contributed by atoms with Gasteiger partial charge in [0.2, 0.25) is 0 Å². The van der Waals surface area contributed by atoms with Gasteiger partial charge >= 0.3 is 0 Å². The first-order valence-corrected chi connectivity index (χ1v) is 9.30. The molecule has 1 amide bonds. The first-order valence-electron chi connectivity index (χ1n) is 7.82. The molecule has 2 aromatic rings. The van der Waals surface area contributed by atoms with Gasteiger partial charge in [0.1, 0.15) is 0 Å². The SMILES string of the molecule is CC[C@H](C)NC(=O)c1cccc(S(=O)(=O)Nc2cccc(C)c2)c1. The maximum atomic E-state index is 12.5. The molecule has 0 spiro atoms. The smallest absolute Gasteiger partial charge is 0.261 e. The minimum absolute atomic E-state index is 0.0307. The molecule has 0 aliphatic heterocycles. The Morgan fingerprint density at radius 1 is 1.12 bits per heavy atom. The number of rotatable bonds is 6. The molecule has 0 saturated heterocycles. The van der Waals surface area contributed by atoms with E-state index in [0.29, 0.717) is 11.3 Å². The van der Waals surface area contributed by atoms with Crippen molar-refractivity contribution in [3.63, 3.8) is 0 Å². The Bertz CT molecular complexity index is 832. The van der Waals surface area contributed by atoms with Crippen LogP contribution in [0.2, 0.25) is 0 Å². The summed E-state index contributed by atoms with van der Waals surface area (Å²) in [4.78, 5) is 12.2. The van der Waals surface area contributed by atoms with Gasteiger partial charge < -0.3 is 5.32 Å². The Morgan fingerprint density at radius 2 is 1.83 bits per heavy atom. The van der Waals surface area contributed by atoms with Crippen LogP contribution in [0.5, 0.6) is 0 Å². The molecule has 2 aromatic carbocycles. The van der Waals surface area contributed by atoms with Gasteiger partial charge in [0.25, 0.3) is 15.9 Å². The number of nitrogens with one attached hydrogen (secondary N) is 2. The van der Waals surface area contributed by atoms with Crippen molar-refractivity contribution in [2.75, 3.05) is 4.72 Å². The minimum Gasteiger partial charge on any atom is -0.350 e. The second-order valence-electron chi connectivity index (χ2n) is 5.79. The van der Waals surface area contributed by atoms with Crippen molar-refractivity contribution in [3.05, 3.63) is 59.7 Å². The molecule has 0 bridgehead atoms.